The number of ketones is 1. The lowest BCUT2D eigenvalue weighted by Crippen LogP contribution is -2.25. The number of ether oxygens (including phenoxy) is 1. The summed E-state index contributed by atoms with van der Waals surface area (Å²) in [5, 5.41) is 17.5. The van der Waals surface area contributed by atoms with Crippen molar-refractivity contribution >= 4 is 11.8 Å². The van der Waals surface area contributed by atoms with Gasteiger partial charge in [-0.15, -0.1) is 0 Å². The second kappa shape index (κ2) is 12.1. The standard InChI is InChI=1S/C14H26O5/c1-2-3-4-5-6-7-12(17)8-9-14(18)19-13(10-15)11-16/h13,15-16H,2-11H2,1H3. The lowest BCUT2D eigenvalue weighted by atomic mass is 10.1. The van der Waals surface area contributed by atoms with E-state index in [4.69, 9.17) is 14.9 Å². The number of esters is 1. The zero-order chi connectivity index (χ0) is 14.5. The first-order chi connectivity index (χ1) is 9.13. The van der Waals surface area contributed by atoms with Crippen molar-refractivity contribution in [3.05, 3.63) is 0 Å². The molecule has 0 aliphatic rings. The third kappa shape index (κ3) is 10.7. The third-order valence-electron chi connectivity index (χ3n) is 2.87. The fraction of sp³-hybridized carbons (Fsp3) is 0.857. The molecule has 19 heavy (non-hydrogen) atoms. The fourth-order valence-electron chi connectivity index (χ4n) is 1.67. The van der Waals surface area contributed by atoms with Gasteiger partial charge in [0, 0.05) is 12.8 Å². The van der Waals surface area contributed by atoms with Gasteiger partial charge in [-0.25, -0.2) is 0 Å². The van der Waals surface area contributed by atoms with Crippen LogP contribution in [0, 0.1) is 0 Å². The molecule has 0 aromatic heterocycles. The normalized spacial score (nSPS) is 10.7. The summed E-state index contributed by atoms with van der Waals surface area (Å²) in [6.45, 7) is 1.32. The Bertz CT molecular complexity index is 248. The molecule has 0 unspecified atom stereocenters. The van der Waals surface area contributed by atoms with Crippen molar-refractivity contribution in [2.24, 2.45) is 0 Å². The lowest BCUT2D eigenvalue weighted by Gasteiger charge is -2.12. The summed E-state index contributed by atoms with van der Waals surface area (Å²) < 4.78 is 4.77. The summed E-state index contributed by atoms with van der Waals surface area (Å²) in [7, 11) is 0. The van der Waals surface area contributed by atoms with Gasteiger partial charge in [-0.05, 0) is 6.42 Å². The van der Waals surface area contributed by atoms with E-state index in [0.29, 0.717) is 6.42 Å². The summed E-state index contributed by atoms with van der Waals surface area (Å²) in [4.78, 5) is 22.8. The lowest BCUT2D eigenvalue weighted by molar-refractivity contribution is -0.154. The maximum Gasteiger partial charge on any atom is 0.306 e. The monoisotopic (exact) mass is 274 g/mol. The zero-order valence-corrected chi connectivity index (χ0v) is 11.8. The second-order valence-electron chi connectivity index (χ2n) is 4.68. The fourth-order valence-corrected chi connectivity index (χ4v) is 1.67. The molecule has 5 heteroatoms. The number of carbonyl (C=O) groups is 2. The summed E-state index contributed by atoms with van der Waals surface area (Å²) in [6, 6.07) is 0. The highest BCUT2D eigenvalue weighted by Gasteiger charge is 2.13. The third-order valence-corrected chi connectivity index (χ3v) is 2.87. The van der Waals surface area contributed by atoms with Crippen LogP contribution in [0.2, 0.25) is 0 Å². The molecule has 0 spiro atoms. The van der Waals surface area contributed by atoms with Crippen molar-refractivity contribution in [1.29, 1.82) is 0 Å². The number of aliphatic hydroxyl groups is 2. The maximum atomic E-state index is 11.5. The van der Waals surface area contributed by atoms with Crippen molar-refractivity contribution in [2.45, 2.75) is 64.4 Å². The van der Waals surface area contributed by atoms with Crippen LogP contribution in [0.1, 0.15) is 58.3 Å². The Morgan fingerprint density at radius 2 is 1.58 bits per heavy atom. The SMILES string of the molecule is CCCCCCCC(=O)CCC(=O)OC(CO)CO. The predicted molar refractivity (Wildman–Crippen MR) is 71.7 cm³/mol. The minimum atomic E-state index is -0.878. The highest BCUT2D eigenvalue weighted by Crippen LogP contribution is 2.08. The number of hydrogen-bond acceptors (Lipinski definition) is 5. The summed E-state index contributed by atoms with van der Waals surface area (Å²) in [5.74, 6) is -0.481. The molecule has 0 aromatic rings. The topological polar surface area (TPSA) is 83.8 Å². The van der Waals surface area contributed by atoms with Crippen molar-refractivity contribution in [3.8, 4) is 0 Å². The Kier molecular flexibility index (Phi) is 11.5. The van der Waals surface area contributed by atoms with E-state index in [2.05, 4.69) is 6.92 Å². The van der Waals surface area contributed by atoms with E-state index >= 15 is 0 Å². The van der Waals surface area contributed by atoms with Gasteiger partial charge < -0.3 is 14.9 Å². The van der Waals surface area contributed by atoms with Gasteiger partial charge in [-0.1, -0.05) is 32.6 Å². The molecule has 2 N–H and O–H groups in total. The van der Waals surface area contributed by atoms with E-state index in [0.717, 1.165) is 19.3 Å². The average molecular weight is 274 g/mol. The molecule has 112 valence electrons. The Morgan fingerprint density at radius 1 is 0.947 bits per heavy atom. The van der Waals surface area contributed by atoms with Crippen LogP contribution in [0.25, 0.3) is 0 Å². The van der Waals surface area contributed by atoms with Gasteiger partial charge in [0.2, 0.25) is 0 Å². The van der Waals surface area contributed by atoms with Crippen molar-refractivity contribution in [3.63, 3.8) is 0 Å². The first kappa shape index (κ1) is 18.1. The molecular weight excluding hydrogens is 248 g/mol. The number of carbonyl (C=O) groups excluding carboxylic acids is 2. The summed E-state index contributed by atoms with van der Waals surface area (Å²) in [5.41, 5.74) is 0. The van der Waals surface area contributed by atoms with E-state index in [1.165, 1.54) is 12.8 Å². The van der Waals surface area contributed by atoms with Gasteiger partial charge in [-0.2, -0.15) is 0 Å². The van der Waals surface area contributed by atoms with Crippen LogP contribution < -0.4 is 0 Å². The van der Waals surface area contributed by atoms with E-state index in [9.17, 15) is 9.59 Å². The minimum Gasteiger partial charge on any atom is -0.457 e. The van der Waals surface area contributed by atoms with Gasteiger partial charge in [0.05, 0.1) is 19.6 Å². The molecule has 0 saturated heterocycles. The largest absolute Gasteiger partial charge is 0.457 e. The molecule has 0 saturated carbocycles. The van der Waals surface area contributed by atoms with Crippen LogP contribution in [0.5, 0.6) is 0 Å². The van der Waals surface area contributed by atoms with Crippen LogP contribution in [0.15, 0.2) is 0 Å². The molecule has 0 amide bonds. The van der Waals surface area contributed by atoms with E-state index in [-0.39, 0.29) is 18.6 Å². The number of Topliss-reactive ketones (excluding diaryl/α,β-unsaturated/α-hetero) is 1. The molecule has 0 atom stereocenters. The maximum absolute atomic E-state index is 11.5. The van der Waals surface area contributed by atoms with Crippen molar-refractivity contribution in [2.75, 3.05) is 13.2 Å². The van der Waals surface area contributed by atoms with E-state index in [1.807, 2.05) is 0 Å². The molecule has 0 rings (SSSR count). The number of hydrogen-bond donors (Lipinski definition) is 2. The Labute approximate surface area is 115 Å². The molecule has 0 bridgehead atoms. The molecule has 5 nitrogen and oxygen atoms in total. The first-order valence-electron chi connectivity index (χ1n) is 7.06. The average Bonchev–Trinajstić information content (AvgIpc) is 2.42. The second-order valence-corrected chi connectivity index (χ2v) is 4.68. The van der Waals surface area contributed by atoms with Crippen molar-refractivity contribution in [1.82, 2.24) is 0 Å². The quantitative estimate of drug-likeness (QED) is 0.417. The van der Waals surface area contributed by atoms with Gasteiger partial charge in [-0.3, -0.25) is 9.59 Å². The summed E-state index contributed by atoms with van der Waals surface area (Å²) in [6.07, 6.45) is 5.30. The van der Waals surface area contributed by atoms with E-state index < -0.39 is 25.3 Å². The van der Waals surface area contributed by atoms with Crippen LogP contribution >= 0.6 is 0 Å². The predicted octanol–water partition coefficient (Wildman–Crippen LogP) is 1.59. The molecule has 0 fully saturated rings. The van der Waals surface area contributed by atoms with Gasteiger partial charge in [0.15, 0.2) is 0 Å². The van der Waals surface area contributed by atoms with Crippen molar-refractivity contribution < 1.29 is 24.5 Å². The number of aliphatic hydroxyl groups excluding tert-OH is 2. The summed E-state index contributed by atoms with van der Waals surface area (Å²) >= 11 is 0. The number of rotatable bonds is 12. The Morgan fingerprint density at radius 3 is 2.16 bits per heavy atom. The highest BCUT2D eigenvalue weighted by atomic mass is 16.6. The highest BCUT2D eigenvalue weighted by molar-refractivity contribution is 5.82. The molecule has 0 radical (unpaired) electrons. The van der Waals surface area contributed by atoms with Gasteiger partial charge >= 0.3 is 5.97 Å². The smallest absolute Gasteiger partial charge is 0.306 e. The van der Waals surface area contributed by atoms with Crippen LogP contribution in [0.4, 0.5) is 0 Å². The first-order valence-corrected chi connectivity index (χ1v) is 7.06. The molecular formula is C14H26O5. The molecule has 0 aliphatic heterocycles. The Hall–Kier alpha value is -0.940. The van der Waals surface area contributed by atoms with Crippen LogP contribution in [-0.2, 0) is 14.3 Å². The van der Waals surface area contributed by atoms with Gasteiger partial charge in [0.25, 0.3) is 0 Å². The molecule has 0 heterocycles. The zero-order valence-electron chi connectivity index (χ0n) is 11.8. The molecule has 0 aromatic carbocycles. The van der Waals surface area contributed by atoms with Gasteiger partial charge in [0.1, 0.15) is 11.9 Å². The molecule has 0 aliphatic carbocycles. The van der Waals surface area contributed by atoms with Crippen LogP contribution in [-0.4, -0.2) is 41.3 Å². The van der Waals surface area contributed by atoms with Crippen LogP contribution in [0.3, 0.4) is 0 Å². The Balaban J connectivity index is 3.58. The minimum absolute atomic E-state index is 0.0181. The number of unbranched alkanes of at least 4 members (excludes halogenated alkanes) is 4. The van der Waals surface area contributed by atoms with E-state index in [1.54, 1.807) is 0 Å².